The van der Waals surface area contributed by atoms with Gasteiger partial charge in [0.2, 0.25) is 11.7 Å². The predicted octanol–water partition coefficient (Wildman–Crippen LogP) is 4.05. The Kier molecular flexibility index (Phi) is 4.83. The summed E-state index contributed by atoms with van der Waals surface area (Å²) in [4.78, 5) is 8.69. The van der Waals surface area contributed by atoms with Crippen molar-refractivity contribution in [3.05, 3.63) is 72.9 Å². The Hall–Kier alpha value is -4.14. The molecule has 1 atom stereocenters. The second-order valence-electron chi connectivity index (χ2n) is 7.44. The maximum absolute atomic E-state index is 5.57. The number of hydrogen-bond donors (Lipinski definition) is 1. The number of hydrogen-bond acceptors (Lipinski definition) is 8. The topological polar surface area (TPSA) is 107 Å². The molecule has 1 unspecified atom stereocenters. The van der Waals surface area contributed by atoms with E-state index in [1.54, 1.807) is 16.9 Å². The fraction of sp³-hybridized carbons (Fsp3) is 0.182. The predicted molar refractivity (Wildman–Crippen MR) is 115 cm³/mol. The summed E-state index contributed by atoms with van der Waals surface area (Å²) in [6.07, 6.45) is 3.42. The van der Waals surface area contributed by atoms with Gasteiger partial charge < -0.3 is 9.84 Å². The van der Waals surface area contributed by atoms with Crippen LogP contribution in [0.3, 0.4) is 0 Å². The first-order valence-corrected chi connectivity index (χ1v) is 9.97. The quantitative estimate of drug-likeness (QED) is 0.445. The second-order valence-corrected chi connectivity index (χ2v) is 7.44. The standard InChI is InChI=1S/C22H20N8O/c1-14(2)19(22-25-20(29-31-22)16-9-6-12-23-13-16)24-17-10-11-18-26-27-21(30(18)28-17)15-7-4-3-5-8-15/h3-14,19H,1-2H3,(H,24,28). The average molecular weight is 412 g/mol. The van der Waals surface area contributed by atoms with Crippen LogP contribution in [-0.4, -0.2) is 34.9 Å². The van der Waals surface area contributed by atoms with Crippen LogP contribution in [0.15, 0.2) is 71.5 Å². The molecule has 0 saturated carbocycles. The van der Waals surface area contributed by atoms with Crippen LogP contribution in [0, 0.1) is 5.92 Å². The number of nitrogens with one attached hydrogen (secondary N) is 1. The van der Waals surface area contributed by atoms with Crippen molar-refractivity contribution in [3.63, 3.8) is 0 Å². The molecule has 0 saturated heterocycles. The van der Waals surface area contributed by atoms with Gasteiger partial charge in [0.1, 0.15) is 11.9 Å². The minimum absolute atomic E-state index is 0.175. The van der Waals surface area contributed by atoms with Crippen LogP contribution in [0.2, 0.25) is 0 Å². The van der Waals surface area contributed by atoms with Crippen molar-refractivity contribution in [1.82, 2.24) is 34.9 Å². The van der Waals surface area contributed by atoms with E-state index in [-0.39, 0.29) is 12.0 Å². The summed E-state index contributed by atoms with van der Waals surface area (Å²) in [5.74, 6) is 2.50. The highest BCUT2D eigenvalue weighted by Crippen LogP contribution is 2.27. The third-order valence-corrected chi connectivity index (χ3v) is 4.89. The van der Waals surface area contributed by atoms with Gasteiger partial charge in [0, 0.05) is 23.5 Å². The fourth-order valence-corrected chi connectivity index (χ4v) is 3.28. The molecule has 0 amide bonds. The molecular weight excluding hydrogens is 392 g/mol. The molecular formula is C22H20N8O. The molecule has 0 aliphatic heterocycles. The van der Waals surface area contributed by atoms with Crippen molar-refractivity contribution in [2.75, 3.05) is 5.32 Å². The highest BCUT2D eigenvalue weighted by molar-refractivity contribution is 5.59. The van der Waals surface area contributed by atoms with Crippen LogP contribution in [0.4, 0.5) is 5.82 Å². The van der Waals surface area contributed by atoms with Gasteiger partial charge in [-0.05, 0) is 30.2 Å². The largest absolute Gasteiger partial charge is 0.357 e. The third kappa shape index (κ3) is 3.73. The lowest BCUT2D eigenvalue weighted by Gasteiger charge is -2.19. The summed E-state index contributed by atoms with van der Waals surface area (Å²) < 4.78 is 7.30. The Morgan fingerprint density at radius 3 is 2.55 bits per heavy atom. The van der Waals surface area contributed by atoms with Gasteiger partial charge >= 0.3 is 0 Å². The van der Waals surface area contributed by atoms with E-state index in [0.717, 1.165) is 11.1 Å². The summed E-state index contributed by atoms with van der Waals surface area (Å²) in [5.41, 5.74) is 2.41. The number of aromatic nitrogens is 7. The van der Waals surface area contributed by atoms with E-state index in [0.29, 0.717) is 29.0 Å². The molecule has 5 aromatic rings. The van der Waals surface area contributed by atoms with E-state index < -0.39 is 0 Å². The minimum atomic E-state index is -0.223. The van der Waals surface area contributed by atoms with Crippen molar-refractivity contribution in [3.8, 4) is 22.8 Å². The van der Waals surface area contributed by atoms with Crippen molar-refractivity contribution in [2.45, 2.75) is 19.9 Å². The molecule has 9 heteroatoms. The van der Waals surface area contributed by atoms with Gasteiger partial charge in [0.05, 0.1) is 0 Å². The third-order valence-electron chi connectivity index (χ3n) is 4.89. The van der Waals surface area contributed by atoms with Gasteiger partial charge in [0.15, 0.2) is 11.5 Å². The summed E-state index contributed by atoms with van der Waals surface area (Å²) in [7, 11) is 0. The summed E-state index contributed by atoms with van der Waals surface area (Å²) in [5, 5.41) is 20.8. The van der Waals surface area contributed by atoms with E-state index in [1.165, 1.54) is 0 Å². The van der Waals surface area contributed by atoms with Crippen LogP contribution < -0.4 is 5.32 Å². The zero-order valence-corrected chi connectivity index (χ0v) is 17.0. The maximum atomic E-state index is 5.57. The molecule has 9 nitrogen and oxygen atoms in total. The van der Waals surface area contributed by atoms with Gasteiger partial charge in [-0.2, -0.15) is 9.50 Å². The first-order chi connectivity index (χ1) is 15.2. The van der Waals surface area contributed by atoms with Crippen molar-refractivity contribution in [2.24, 2.45) is 5.92 Å². The number of anilines is 1. The van der Waals surface area contributed by atoms with Gasteiger partial charge in [0.25, 0.3) is 0 Å². The number of pyridine rings is 1. The Labute approximate surface area is 178 Å². The summed E-state index contributed by atoms with van der Waals surface area (Å²) in [6, 6.07) is 17.1. The van der Waals surface area contributed by atoms with Gasteiger partial charge in [-0.1, -0.05) is 49.3 Å². The summed E-state index contributed by atoms with van der Waals surface area (Å²) in [6.45, 7) is 4.16. The van der Waals surface area contributed by atoms with Crippen LogP contribution in [0.25, 0.3) is 28.4 Å². The van der Waals surface area contributed by atoms with Crippen LogP contribution in [-0.2, 0) is 0 Å². The monoisotopic (exact) mass is 412 g/mol. The van der Waals surface area contributed by atoms with E-state index in [4.69, 9.17) is 9.62 Å². The molecule has 0 bridgehead atoms. The van der Waals surface area contributed by atoms with E-state index >= 15 is 0 Å². The Morgan fingerprint density at radius 2 is 1.77 bits per heavy atom. The first kappa shape index (κ1) is 18.9. The molecule has 0 aliphatic rings. The normalized spacial score (nSPS) is 12.4. The average Bonchev–Trinajstić information content (AvgIpc) is 3.46. The van der Waals surface area contributed by atoms with Crippen LogP contribution in [0.5, 0.6) is 0 Å². The fourth-order valence-electron chi connectivity index (χ4n) is 3.28. The lowest BCUT2D eigenvalue weighted by Crippen LogP contribution is -2.18. The zero-order valence-electron chi connectivity index (χ0n) is 17.0. The van der Waals surface area contributed by atoms with E-state index in [9.17, 15) is 0 Å². The van der Waals surface area contributed by atoms with Crippen molar-refractivity contribution < 1.29 is 4.52 Å². The highest BCUT2D eigenvalue weighted by atomic mass is 16.5. The molecule has 0 radical (unpaired) electrons. The number of fused-ring (bicyclic) bond motifs is 1. The highest BCUT2D eigenvalue weighted by Gasteiger charge is 2.24. The molecule has 0 spiro atoms. The Morgan fingerprint density at radius 1 is 0.935 bits per heavy atom. The number of benzene rings is 1. The smallest absolute Gasteiger partial charge is 0.249 e. The molecule has 0 aliphatic carbocycles. The van der Waals surface area contributed by atoms with Crippen molar-refractivity contribution >= 4 is 11.5 Å². The molecule has 31 heavy (non-hydrogen) atoms. The molecule has 4 aromatic heterocycles. The number of nitrogens with zero attached hydrogens (tertiary/aromatic N) is 7. The SMILES string of the molecule is CC(C)C(Nc1ccc2nnc(-c3ccccc3)n2n1)c1nc(-c2cccnc2)no1. The first-order valence-electron chi connectivity index (χ1n) is 9.97. The number of rotatable bonds is 6. The zero-order chi connectivity index (χ0) is 21.2. The van der Waals surface area contributed by atoms with E-state index in [1.807, 2.05) is 54.6 Å². The molecule has 4 heterocycles. The van der Waals surface area contributed by atoms with Gasteiger partial charge in [-0.25, -0.2) is 0 Å². The molecule has 0 fully saturated rings. The van der Waals surface area contributed by atoms with Gasteiger partial charge in [-0.3, -0.25) is 4.98 Å². The van der Waals surface area contributed by atoms with E-state index in [2.05, 4.69) is 44.5 Å². The Bertz CT molecular complexity index is 1300. The minimum Gasteiger partial charge on any atom is -0.357 e. The second kappa shape index (κ2) is 7.94. The Balaban J connectivity index is 1.46. The van der Waals surface area contributed by atoms with Crippen LogP contribution >= 0.6 is 0 Å². The molecule has 154 valence electrons. The lowest BCUT2D eigenvalue weighted by atomic mass is 10.0. The van der Waals surface area contributed by atoms with Gasteiger partial charge in [-0.15, -0.1) is 15.3 Å². The molecule has 5 rings (SSSR count). The molecule has 1 aromatic carbocycles. The maximum Gasteiger partial charge on any atom is 0.249 e. The van der Waals surface area contributed by atoms with Crippen LogP contribution in [0.1, 0.15) is 25.8 Å². The molecule has 1 N–H and O–H groups in total. The summed E-state index contributed by atoms with van der Waals surface area (Å²) >= 11 is 0. The lowest BCUT2D eigenvalue weighted by molar-refractivity contribution is 0.335. The van der Waals surface area contributed by atoms with Crippen molar-refractivity contribution in [1.29, 1.82) is 0 Å².